The van der Waals surface area contributed by atoms with E-state index in [1.54, 1.807) is 0 Å². The quantitative estimate of drug-likeness (QED) is 0.380. The number of fused-ring (bicyclic) bond motifs is 3. The van der Waals surface area contributed by atoms with Gasteiger partial charge in [0, 0.05) is 12.5 Å². The van der Waals surface area contributed by atoms with Gasteiger partial charge in [-0.05, 0) is 40.2 Å². The lowest BCUT2D eigenvalue weighted by Gasteiger charge is -2.32. The molecule has 0 spiro atoms. The predicted octanol–water partition coefficient (Wildman–Crippen LogP) is 6.86. The van der Waals surface area contributed by atoms with Crippen LogP contribution < -0.4 is 0 Å². The third-order valence-electron chi connectivity index (χ3n) is 7.71. The van der Waals surface area contributed by atoms with E-state index in [9.17, 15) is 14.7 Å². The molecular formula is C31H33NO4. The van der Waals surface area contributed by atoms with Crippen molar-refractivity contribution in [2.75, 3.05) is 6.61 Å². The lowest BCUT2D eigenvalue weighted by molar-refractivity contribution is -0.143. The number of carbonyl (C=O) groups is 2. The molecule has 5 heteroatoms. The molecular weight excluding hydrogens is 450 g/mol. The first-order valence-corrected chi connectivity index (χ1v) is 13.0. The molecule has 2 aliphatic rings. The number of carboxylic acid groups (broad SMARTS) is 1. The lowest BCUT2D eigenvalue weighted by atomic mass is 9.84. The molecule has 36 heavy (non-hydrogen) atoms. The Morgan fingerprint density at radius 3 is 2.03 bits per heavy atom. The molecule has 186 valence electrons. The van der Waals surface area contributed by atoms with E-state index in [0.29, 0.717) is 12.3 Å². The summed E-state index contributed by atoms with van der Waals surface area (Å²) in [6, 6.07) is 25.1. The molecule has 1 amide bonds. The van der Waals surface area contributed by atoms with Crippen LogP contribution in [0.4, 0.5) is 4.79 Å². The number of carboxylic acids is 1. The highest BCUT2D eigenvalue weighted by Crippen LogP contribution is 2.44. The van der Waals surface area contributed by atoms with Gasteiger partial charge in [-0.2, -0.15) is 0 Å². The average Bonchev–Trinajstić information content (AvgIpc) is 3.24. The van der Waals surface area contributed by atoms with Crippen LogP contribution in [0, 0.1) is 5.92 Å². The van der Waals surface area contributed by atoms with Crippen LogP contribution in [0.1, 0.15) is 61.1 Å². The Balaban J connectivity index is 1.37. The van der Waals surface area contributed by atoms with Crippen LogP contribution in [0.15, 0.2) is 78.9 Å². The summed E-state index contributed by atoms with van der Waals surface area (Å²) < 4.78 is 5.92. The number of hydrogen-bond acceptors (Lipinski definition) is 3. The zero-order chi connectivity index (χ0) is 24.9. The Morgan fingerprint density at radius 2 is 1.42 bits per heavy atom. The fourth-order valence-electron chi connectivity index (χ4n) is 5.86. The van der Waals surface area contributed by atoms with Crippen molar-refractivity contribution in [3.63, 3.8) is 0 Å². The number of carbonyl (C=O) groups excluding carboxylic acids is 1. The molecule has 1 saturated carbocycles. The molecule has 3 aromatic rings. The average molecular weight is 484 g/mol. The first-order chi connectivity index (χ1) is 17.6. The fraction of sp³-hybridized carbons (Fsp3) is 0.355. The molecule has 5 rings (SSSR count). The van der Waals surface area contributed by atoms with Gasteiger partial charge >= 0.3 is 12.1 Å². The monoisotopic (exact) mass is 483 g/mol. The maximum Gasteiger partial charge on any atom is 0.410 e. The van der Waals surface area contributed by atoms with E-state index in [4.69, 9.17) is 4.74 Å². The number of rotatable bonds is 8. The Kier molecular flexibility index (Phi) is 7.36. The summed E-state index contributed by atoms with van der Waals surface area (Å²) in [4.78, 5) is 27.4. The first kappa shape index (κ1) is 24.1. The number of amides is 1. The maximum absolute atomic E-state index is 13.6. The summed E-state index contributed by atoms with van der Waals surface area (Å²) in [7, 11) is 0. The van der Waals surface area contributed by atoms with Crippen molar-refractivity contribution in [2.45, 2.75) is 57.0 Å². The van der Waals surface area contributed by atoms with Gasteiger partial charge in [0.1, 0.15) is 12.6 Å². The largest absolute Gasteiger partial charge is 0.480 e. The van der Waals surface area contributed by atoms with Crippen molar-refractivity contribution in [2.24, 2.45) is 5.92 Å². The van der Waals surface area contributed by atoms with Gasteiger partial charge in [-0.1, -0.05) is 111 Å². The minimum atomic E-state index is -0.968. The van der Waals surface area contributed by atoms with E-state index < -0.39 is 18.1 Å². The van der Waals surface area contributed by atoms with E-state index in [0.717, 1.165) is 53.5 Å². The number of nitrogens with zero attached hydrogens (tertiary/aromatic N) is 1. The van der Waals surface area contributed by atoms with Crippen molar-refractivity contribution < 1.29 is 19.4 Å². The van der Waals surface area contributed by atoms with Gasteiger partial charge in [-0.3, -0.25) is 4.90 Å². The molecule has 1 atom stereocenters. The summed E-state index contributed by atoms with van der Waals surface area (Å²) in [6.45, 7) is 0.384. The molecule has 0 bridgehead atoms. The van der Waals surface area contributed by atoms with Gasteiger partial charge in [-0.15, -0.1) is 0 Å². The van der Waals surface area contributed by atoms with Gasteiger partial charge in [0.15, 0.2) is 0 Å². The molecule has 1 unspecified atom stereocenters. The predicted molar refractivity (Wildman–Crippen MR) is 140 cm³/mol. The van der Waals surface area contributed by atoms with Gasteiger partial charge in [0.05, 0.1) is 0 Å². The first-order valence-electron chi connectivity index (χ1n) is 13.0. The van der Waals surface area contributed by atoms with Crippen molar-refractivity contribution in [3.8, 4) is 11.1 Å². The Morgan fingerprint density at radius 1 is 0.833 bits per heavy atom. The second kappa shape index (κ2) is 11.0. The normalized spacial score (nSPS) is 16.1. The van der Waals surface area contributed by atoms with Crippen LogP contribution in [-0.2, 0) is 16.1 Å². The number of benzene rings is 3. The lowest BCUT2D eigenvalue weighted by Crippen LogP contribution is -2.46. The van der Waals surface area contributed by atoms with E-state index in [1.807, 2.05) is 54.6 Å². The summed E-state index contributed by atoms with van der Waals surface area (Å²) in [5.41, 5.74) is 5.49. The summed E-state index contributed by atoms with van der Waals surface area (Å²) >= 11 is 0. The zero-order valence-corrected chi connectivity index (χ0v) is 20.5. The zero-order valence-electron chi connectivity index (χ0n) is 20.5. The molecule has 2 aliphatic carbocycles. The second-order valence-electron chi connectivity index (χ2n) is 10.0. The van der Waals surface area contributed by atoms with Crippen molar-refractivity contribution >= 4 is 12.1 Å². The van der Waals surface area contributed by atoms with Crippen LogP contribution >= 0.6 is 0 Å². The number of aliphatic carboxylic acids is 1. The Labute approximate surface area is 212 Å². The highest BCUT2D eigenvalue weighted by molar-refractivity contribution is 5.81. The van der Waals surface area contributed by atoms with Gasteiger partial charge in [-0.25, -0.2) is 9.59 Å². The van der Waals surface area contributed by atoms with Crippen LogP contribution in [0.2, 0.25) is 0 Å². The van der Waals surface area contributed by atoms with E-state index in [2.05, 4.69) is 24.3 Å². The molecule has 0 saturated heterocycles. The Hall–Kier alpha value is -3.60. The molecule has 3 aromatic carbocycles. The van der Waals surface area contributed by atoms with Crippen LogP contribution in [-0.4, -0.2) is 34.7 Å². The number of ether oxygens (including phenoxy) is 1. The summed E-state index contributed by atoms with van der Waals surface area (Å²) in [5, 5.41) is 10.2. The standard InChI is InChI=1S/C31H33NO4/c33-30(34)29(19-22-11-3-1-4-12-22)32(20-23-13-5-2-6-14-23)31(35)36-21-28-26-17-9-7-15-24(26)25-16-8-10-18-27(25)28/h2,5-10,13-18,22,28-29H,1,3-4,11-12,19-21H2,(H,33,34). The van der Waals surface area contributed by atoms with Gasteiger partial charge in [0.2, 0.25) is 0 Å². The molecule has 1 N–H and O–H groups in total. The molecule has 5 nitrogen and oxygen atoms in total. The fourth-order valence-corrected chi connectivity index (χ4v) is 5.86. The van der Waals surface area contributed by atoms with E-state index in [1.165, 1.54) is 11.3 Å². The van der Waals surface area contributed by atoms with Crippen molar-refractivity contribution in [1.29, 1.82) is 0 Å². The van der Waals surface area contributed by atoms with E-state index in [-0.39, 0.29) is 19.1 Å². The second-order valence-corrected chi connectivity index (χ2v) is 10.0. The van der Waals surface area contributed by atoms with Gasteiger partial charge < -0.3 is 9.84 Å². The highest BCUT2D eigenvalue weighted by Gasteiger charge is 2.35. The minimum absolute atomic E-state index is 0.0680. The maximum atomic E-state index is 13.6. The molecule has 0 aromatic heterocycles. The summed E-state index contributed by atoms with van der Waals surface area (Å²) in [6.07, 6.45) is 5.40. The molecule has 0 radical (unpaired) electrons. The Bertz CT molecular complexity index is 1160. The topological polar surface area (TPSA) is 66.8 Å². The van der Waals surface area contributed by atoms with Gasteiger partial charge in [0.25, 0.3) is 0 Å². The highest BCUT2D eigenvalue weighted by atomic mass is 16.6. The molecule has 0 heterocycles. The van der Waals surface area contributed by atoms with Crippen LogP contribution in [0.5, 0.6) is 0 Å². The third-order valence-corrected chi connectivity index (χ3v) is 7.71. The van der Waals surface area contributed by atoms with Crippen LogP contribution in [0.3, 0.4) is 0 Å². The van der Waals surface area contributed by atoms with Crippen LogP contribution in [0.25, 0.3) is 11.1 Å². The number of hydrogen-bond donors (Lipinski definition) is 1. The third kappa shape index (κ3) is 5.15. The summed E-state index contributed by atoms with van der Waals surface area (Å²) in [5.74, 6) is -0.717. The smallest absolute Gasteiger partial charge is 0.410 e. The van der Waals surface area contributed by atoms with Crippen molar-refractivity contribution in [3.05, 3.63) is 95.6 Å². The molecule has 1 fully saturated rings. The minimum Gasteiger partial charge on any atom is -0.480 e. The van der Waals surface area contributed by atoms with Crippen molar-refractivity contribution in [1.82, 2.24) is 4.90 Å². The molecule has 0 aliphatic heterocycles. The SMILES string of the molecule is O=C(O)C(CC1CCCCC1)N(Cc1ccccc1)C(=O)OCC1c2ccccc2-c2ccccc21. The van der Waals surface area contributed by atoms with E-state index >= 15 is 0 Å².